The summed E-state index contributed by atoms with van der Waals surface area (Å²) in [6.07, 6.45) is 3.94. The molecule has 0 aromatic heterocycles. The standard InChI is InChI=1S/C11H20N2O2/c1-10(15)3-2-7-13(8-6-10)9(14)11(12)4-5-11/h15H,2-8,12H2,1H3. The molecule has 3 N–H and O–H groups in total. The van der Waals surface area contributed by atoms with Gasteiger partial charge >= 0.3 is 0 Å². The Morgan fingerprint density at radius 1 is 1.27 bits per heavy atom. The van der Waals surface area contributed by atoms with Crippen molar-refractivity contribution >= 4 is 5.91 Å². The van der Waals surface area contributed by atoms with Crippen molar-refractivity contribution in [2.45, 2.75) is 50.2 Å². The highest BCUT2D eigenvalue weighted by molar-refractivity contribution is 5.89. The predicted octanol–water partition coefficient (Wildman–Crippen LogP) is 0.241. The van der Waals surface area contributed by atoms with E-state index in [0.717, 1.165) is 32.2 Å². The Hall–Kier alpha value is -0.610. The van der Waals surface area contributed by atoms with Crippen LogP contribution in [0.25, 0.3) is 0 Å². The average molecular weight is 212 g/mol. The van der Waals surface area contributed by atoms with Crippen LogP contribution in [0.1, 0.15) is 39.0 Å². The van der Waals surface area contributed by atoms with Gasteiger partial charge in [-0.2, -0.15) is 0 Å². The molecule has 15 heavy (non-hydrogen) atoms. The molecule has 4 nitrogen and oxygen atoms in total. The first kappa shape index (κ1) is 10.9. The molecule has 4 heteroatoms. The van der Waals surface area contributed by atoms with Crippen LogP contribution in [0.3, 0.4) is 0 Å². The molecule has 2 rings (SSSR count). The van der Waals surface area contributed by atoms with Crippen molar-refractivity contribution in [2.24, 2.45) is 5.73 Å². The number of hydrogen-bond acceptors (Lipinski definition) is 3. The molecule has 1 heterocycles. The van der Waals surface area contributed by atoms with Crippen LogP contribution in [0, 0.1) is 0 Å². The Balaban J connectivity index is 1.96. The summed E-state index contributed by atoms with van der Waals surface area (Å²) >= 11 is 0. The molecule has 0 aromatic carbocycles. The number of rotatable bonds is 1. The summed E-state index contributed by atoms with van der Waals surface area (Å²) in [6.45, 7) is 3.23. The monoisotopic (exact) mass is 212 g/mol. The topological polar surface area (TPSA) is 66.6 Å². The fraction of sp³-hybridized carbons (Fsp3) is 0.909. The molecule has 2 fully saturated rings. The van der Waals surface area contributed by atoms with Crippen molar-refractivity contribution < 1.29 is 9.90 Å². The van der Waals surface area contributed by atoms with Crippen LogP contribution in [0.4, 0.5) is 0 Å². The van der Waals surface area contributed by atoms with Gasteiger partial charge in [-0.3, -0.25) is 4.79 Å². The van der Waals surface area contributed by atoms with E-state index in [0.29, 0.717) is 13.0 Å². The van der Waals surface area contributed by atoms with Gasteiger partial charge in [-0.25, -0.2) is 0 Å². The zero-order valence-electron chi connectivity index (χ0n) is 9.33. The first-order valence-electron chi connectivity index (χ1n) is 5.74. The SMILES string of the molecule is CC1(O)CCCN(C(=O)C2(N)CC2)CC1. The lowest BCUT2D eigenvalue weighted by Gasteiger charge is -2.25. The van der Waals surface area contributed by atoms with Crippen LogP contribution in [-0.4, -0.2) is 40.1 Å². The van der Waals surface area contributed by atoms with Gasteiger partial charge in [0.25, 0.3) is 0 Å². The molecule has 1 aliphatic carbocycles. The maximum Gasteiger partial charge on any atom is 0.242 e. The Morgan fingerprint density at radius 2 is 1.93 bits per heavy atom. The summed E-state index contributed by atoms with van der Waals surface area (Å²) in [5, 5.41) is 9.90. The third kappa shape index (κ3) is 2.32. The van der Waals surface area contributed by atoms with E-state index in [1.807, 2.05) is 11.8 Å². The zero-order valence-corrected chi connectivity index (χ0v) is 9.33. The van der Waals surface area contributed by atoms with Gasteiger partial charge in [-0.05, 0) is 39.0 Å². The highest BCUT2D eigenvalue weighted by Gasteiger charge is 2.48. The van der Waals surface area contributed by atoms with Crippen LogP contribution in [0.5, 0.6) is 0 Å². The number of hydrogen-bond donors (Lipinski definition) is 2. The van der Waals surface area contributed by atoms with Crippen molar-refractivity contribution in [1.82, 2.24) is 4.90 Å². The van der Waals surface area contributed by atoms with Gasteiger partial charge in [-0.1, -0.05) is 0 Å². The zero-order chi connectivity index (χ0) is 11.1. The summed E-state index contributed by atoms with van der Waals surface area (Å²) in [5.74, 6) is 0.0835. The van der Waals surface area contributed by atoms with E-state index < -0.39 is 11.1 Å². The smallest absolute Gasteiger partial charge is 0.242 e. The van der Waals surface area contributed by atoms with E-state index in [1.165, 1.54) is 0 Å². The molecule has 0 radical (unpaired) electrons. The second-order valence-corrected chi connectivity index (χ2v) is 5.30. The van der Waals surface area contributed by atoms with Crippen LogP contribution >= 0.6 is 0 Å². The minimum atomic E-state index is -0.611. The second-order valence-electron chi connectivity index (χ2n) is 5.30. The van der Waals surface area contributed by atoms with E-state index in [2.05, 4.69) is 0 Å². The summed E-state index contributed by atoms with van der Waals surface area (Å²) in [5.41, 5.74) is 4.72. The molecule has 1 saturated heterocycles. The number of amides is 1. The largest absolute Gasteiger partial charge is 0.390 e. The van der Waals surface area contributed by atoms with E-state index in [4.69, 9.17) is 5.73 Å². The third-order valence-corrected chi connectivity index (χ3v) is 3.57. The van der Waals surface area contributed by atoms with Gasteiger partial charge in [0, 0.05) is 13.1 Å². The fourth-order valence-electron chi connectivity index (χ4n) is 2.13. The van der Waals surface area contributed by atoms with E-state index >= 15 is 0 Å². The van der Waals surface area contributed by atoms with Crippen molar-refractivity contribution in [1.29, 1.82) is 0 Å². The number of carbonyl (C=O) groups excluding carboxylic acids is 1. The van der Waals surface area contributed by atoms with Gasteiger partial charge < -0.3 is 15.7 Å². The van der Waals surface area contributed by atoms with E-state index in [9.17, 15) is 9.90 Å². The summed E-state index contributed by atoms with van der Waals surface area (Å²) in [4.78, 5) is 13.8. The minimum Gasteiger partial charge on any atom is -0.390 e. The number of likely N-dealkylation sites (tertiary alicyclic amines) is 1. The quantitative estimate of drug-likeness (QED) is 0.654. The Labute approximate surface area is 90.4 Å². The lowest BCUT2D eigenvalue weighted by molar-refractivity contribution is -0.133. The molecule has 0 bridgehead atoms. The molecule has 1 amide bonds. The lowest BCUT2D eigenvalue weighted by atomic mass is 9.98. The normalized spacial score (nSPS) is 34.7. The molecule has 1 unspecified atom stereocenters. The third-order valence-electron chi connectivity index (χ3n) is 3.57. The molecule has 1 aliphatic heterocycles. The van der Waals surface area contributed by atoms with Gasteiger partial charge in [0.1, 0.15) is 0 Å². The minimum absolute atomic E-state index is 0.0835. The highest BCUT2D eigenvalue weighted by atomic mass is 16.3. The van der Waals surface area contributed by atoms with Gasteiger partial charge in [0.15, 0.2) is 0 Å². The predicted molar refractivity (Wildman–Crippen MR) is 57.2 cm³/mol. The Bertz CT molecular complexity index is 272. The van der Waals surface area contributed by atoms with E-state index in [1.54, 1.807) is 0 Å². The van der Waals surface area contributed by atoms with E-state index in [-0.39, 0.29) is 5.91 Å². The van der Waals surface area contributed by atoms with Crippen LogP contribution in [0.2, 0.25) is 0 Å². The van der Waals surface area contributed by atoms with Crippen molar-refractivity contribution in [2.75, 3.05) is 13.1 Å². The van der Waals surface area contributed by atoms with Crippen molar-refractivity contribution in [3.05, 3.63) is 0 Å². The van der Waals surface area contributed by atoms with Gasteiger partial charge in [0.2, 0.25) is 5.91 Å². The van der Waals surface area contributed by atoms with Crippen LogP contribution < -0.4 is 5.73 Å². The summed E-state index contributed by atoms with van der Waals surface area (Å²) in [7, 11) is 0. The maximum absolute atomic E-state index is 12.0. The molecular formula is C11H20N2O2. The summed E-state index contributed by atoms with van der Waals surface area (Å²) in [6, 6.07) is 0. The van der Waals surface area contributed by atoms with Crippen molar-refractivity contribution in [3.63, 3.8) is 0 Å². The molecule has 1 atom stereocenters. The Kier molecular flexibility index (Phi) is 2.51. The first-order valence-corrected chi connectivity index (χ1v) is 5.74. The summed E-state index contributed by atoms with van der Waals surface area (Å²) < 4.78 is 0. The average Bonchev–Trinajstić information content (AvgIpc) is 2.91. The molecule has 0 aromatic rings. The molecule has 86 valence electrons. The maximum atomic E-state index is 12.0. The molecule has 0 spiro atoms. The number of nitrogens with zero attached hydrogens (tertiary/aromatic N) is 1. The highest BCUT2D eigenvalue weighted by Crippen LogP contribution is 2.35. The van der Waals surface area contributed by atoms with Gasteiger partial charge in [-0.15, -0.1) is 0 Å². The van der Waals surface area contributed by atoms with Crippen LogP contribution in [-0.2, 0) is 4.79 Å². The number of nitrogens with two attached hydrogens (primary N) is 1. The number of carbonyl (C=O) groups is 1. The molecule has 1 saturated carbocycles. The Morgan fingerprint density at radius 3 is 2.53 bits per heavy atom. The molecule has 2 aliphatic rings. The lowest BCUT2D eigenvalue weighted by Crippen LogP contribution is -2.46. The fourth-order valence-corrected chi connectivity index (χ4v) is 2.13. The first-order chi connectivity index (χ1) is 6.93. The van der Waals surface area contributed by atoms with Crippen molar-refractivity contribution in [3.8, 4) is 0 Å². The molecular weight excluding hydrogens is 192 g/mol. The van der Waals surface area contributed by atoms with Crippen LogP contribution in [0.15, 0.2) is 0 Å². The second kappa shape index (κ2) is 3.46. The van der Waals surface area contributed by atoms with Gasteiger partial charge in [0.05, 0.1) is 11.1 Å². The number of aliphatic hydroxyl groups is 1.